The van der Waals surface area contributed by atoms with E-state index in [1.807, 2.05) is 24.3 Å². The van der Waals surface area contributed by atoms with Crippen LogP contribution in [0.5, 0.6) is 0 Å². The molecule has 2 atom stereocenters. The maximum atomic E-state index is 10.2. The molecule has 0 fully saturated rings. The van der Waals surface area contributed by atoms with Crippen LogP contribution in [0.25, 0.3) is 10.8 Å². The van der Waals surface area contributed by atoms with Crippen molar-refractivity contribution in [2.45, 2.75) is 18.6 Å². The van der Waals surface area contributed by atoms with Crippen LogP contribution in [0.15, 0.2) is 36.4 Å². The minimum absolute atomic E-state index is 0.330. The van der Waals surface area contributed by atoms with Gasteiger partial charge in [-0.2, -0.15) is 0 Å². The summed E-state index contributed by atoms with van der Waals surface area (Å²) in [5, 5.41) is 22.3. The molecule has 0 saturated heterocycles. The summed E-state index contributed by atoms with van der Waals surface area (Å²) in [4.78, 5) is 0. The summed E-state index contributed by atoms with van der Waals surface area (Å²) in [6, 6.07) is 11.1. The van der Waals surface area contributed by atoms with E-state index in [4.69, 9.17) is 17.3 Å². The molecule has 18 heavy (non-hydrogen) atoms. The van der Waals surface area contributed by atoms with E-state index >= 15 is 0 Å². The zero-order valence-corrected chi connectivity index (χ0v) is 10.6. The first-order valence-electron chi connectivity index (χ1n) is 5.88. The summed E-state index contributed by atoms with van der Waals surface area (Å²) in [5.74, 6) is 0. The molecule has 2 unspecified atom stereocenters. The van der Waals surface area contributed by atoms with Gasteiger partial charge in [0.1, 0.15) is 6.10 Å². The van der Waals surface area contributed by atoms with Crippen molar-refractivity contribution in [1.29, 1.82) is 0 Å². The third-order valence-corrected chi connectivity index (χ3v) is 3.35. The van der Waals surface area contributed by atoms with Crippen LogP contribution in [0.1, 0.15) is 18.1 Å². The second-order valence-electron chi connectivity index (χ2n) is 4.27. The normalized spacial score (nSPS) is 14.7. The van der Waals surface area contributed by atoms with E-state index in [0.29, 0.717) is 23.6 Å². The Morgan fingerprint density at radius 3 is 2.44 bits per heavy atom. The van der Waals surface area contributed by atoms with Crippen LogP contribution < -0.4 is 5.73 Å². The smallest absolute Gasteiger partial charge is 0.106 e. The lowest BCUT2D eigenvalue weighted by atomic mass is 9.96. The molecule has 0 bridgehead atoms. The van der Waals surface area contributed by atoms with Gasteiger partial charge in [-0.15, -0.1) is 0 Å². The van der Waals surface area contributed by atoms with Crippen molar-refractivity contribution in [3.8, 4) is 0 Å². The van der Waals surface area contributed by atoms with Crippen molar-refractivity contribution in [2.75, 3.05) is 6.54 Å². The second-order valence-corrected chi connectivity index (χ2v) is 4.68. The highest BCUT2D eigenvalue weighted by molar-refractivity contribution is 6.35. The Kier molecular flexibility index (Phi) is 4.19. The van der Waals surface area contributed by atoms with Crippen LogP contribution in [0, 0.1) is 0 Å². The number of halogens is 1. The highest BCUT2D eigenvalue weighted by Gasteiger charge is 2.20. The Bertz CT molecular complexity index is 539. The Balaban J connectivity index is 2.50. The van der Waals surface area contributed by atoms with Crippen LogP contribution in [0.4, 0.5) is 0 Å². The number of aliphatic hydroxyl groups is 2. The van der Waals surface area contributed by atoms with E-state index in [2.05, 4.69) is 0 Å². The monoisotopic (exact) mass is 265 g/mol. The molecule has 0 radical (unpaired) electrons. The van der Waals surface area contributed by atoms with Crippen LogP contribution in [0.3, 0.4) is 0 Å². The molecular formula is C14H16ClNO2. The van der Waals surface area contributed by atoms with Crippen molar-refractivity contribution >= 4 is 22.4 Å². The first kappa shape index (κ1) is 13.3. The van der Waals surface area contributed by atoms with Gasteiger partial charge in [0.05, 0.1) is 6.10 Å². The summed E-state index contributed by atoms with van der Waals surface area (Å²) in [7, 11) is 0. The first-order valence-corrected chi connectivity index (χ1v) is 6.26. The molecule has 4 heteroatoms. The average Bonchev–Trinajstić information content (AvgIpc) is 2.38. The molecule has 0 aromatic heterocycles. The SMILES string of the molecule is NCCC(O)C(O)c1cccc2cccc(Cl)c12. The third kappa shape index (κ3) is 2.49. The number of aliphatic hydroxyl groups excluding tert-OH is 2. The quantitative estimate of drug-likeness (QED) is 0.794. The largest absolute Gasteiger partial charge is 0.390 e. The van der Waals surface area contributed by atoms with Crippen molar-refractivity contribution in [2.24, 2.45) is 5.73 Å². The van der Waals surface area contributed by atoms with Crippen molar-refractivity contribution in [1.82, 2.24) is 0 Å². The molecule has 0 saturated carbocycles. The minimum Gasteiger partial charge on any atom is -0.390 e. The Morgan fingerprint density at radius 1 is 1.11 bits per heavy atom. The lowest BCUT2D eigenvalue weighted by molar-refractivity contribution is 0.0159. The number of nitrogens with two attached hydrogens (primary N) is 1. The van der Waals surface area contributed by atoms with Crippen LogP contribution >= 0.6 is 11.6 Å². The van der Waals surface area contributed by atoms with E-state index in [1.165, 1.54) is 0 Å². The first-order chi connectivity index (χ1) is 8.65. The molecular weight excluding hydrogens is 250 g/mol. The highest BCUT2D eigenvalue weighted by atomic mass is 35.5. The average molecular weight is 266 g/mol. The molecule has 0 amide bonds. The van der Waals surface area contributed by atoms with Gasteiger partial charge < -0.3 is 15.9 Å². The molecule has 0 heterocycles. The summed E-state index contributed by atoms with van der Waals surface area (Å²) >= 11 is 6.17. The zero-order chi connectivity index (χ0) is 13.1. The van der Waals surface area contributed by atoms with E-state index < -0.39 is 12.2 Å². The van der Waals surface area contributed by atoms with Gasteiger partial charge >= 0.3 is 0 Å². The van der Waals surface area contributed by atoms with Crippen molar-refractivity contribution in [3.05, 3.63) is 47.0 Å². The highest BCUT2D eigenvalue weighted by Crippen LogP contribution is 2.32. The van der Waals surface area contributed by atoms with E-state index in [9.17, 15) is 10.2 Å². The predicted molar refractivity (Wildman–Crippen MR) is 73.6 cm³/mol. The van der Waals surface area contributed by atoms with Gasteiger partial charge in [0.2, 0.25) is 0 Å². The van der Waals surface area contributed by atoms with E-state index in [0.717, 1.165) is 10.8 Å². The van der Waals surface area contributed by atoms with E-state index in [-0.39, 0.29) is 0 Å². The Hall–Kier alpha value is -1.13. The molecule has 0 aliphatic carbocycles. The predicted octanol–water partition coefficient (Wildman–Crippen LogP) is 2.24. The fourth-order valence-corrected chi connectivity index (χ4v) is 2.40. The number of rotatable bonds is 4. The van der Waals surface area contributed by atoms with Gasteiger partial charge in [-0.25, -0.2) is 0 Å². The van der Waals surface area contributed by atoms with Crippen molar-refractivity contribution in [3.63, 3.8) is 0 Å². The zero-order valence-electron chi connectivity index (χ0n) is 9.88. The molecule has 2 aromatic rings. The lowest BCUT2D eigenvalue weighted by Crippen LogP contribution is -2.22. The Morgan fingerprint density at radius 2 is 1.78 bits per heavy atom. The molecule has 2 aromatic carbocycles. The van der Waals surface area contributed by atoms with Crippen LogP contribution in [-0.2, 0) is 0 Å². The van der Waals surface area contributed by atoms with Gasteiger partial charge in [0.15, 0.2) is 0 Å². The van der Waals surface area contributed by atoms with Crippen molar-refractivity contribution < 1.29 is 10.2 Å². The number of benzene rings is 2. The second kappa shape index (κ2) is 5.67. The fourth-order valence-electron chi connectivity index (χ4n) is 2.11. The summed E-state index contributed by atoms with van der Waals surface area (Å²) in [6.45, 7) is 0.330. The van der Waals surface area contributed by atoms with Gasteiger partial charge in [0.25, 0.3) is 0 Å². The van der Waals surface area contributed by atoms with E-state index in [1.54, 1.807) is 12.1 Å². The number of hydrogen-bond acceptors (Lipinski definition) is 3. The third-order valence-electron chi connectivity index (χ3n) is 3.03. The van der Waals surface area contributed by atoms with Gasteiger partial charge in [-0.05, 0) is 30.0 Å². The van der Waals surface area contributed by atoms with Gasteiger partial charge in [-0.1, -0.05) is 41.9 Å². The van der Waals surface area contributed by atoms with Gasteiger partial charge in [-0.3, -0.25) is 0 Å². The molecule has 0 spiro atoms. The molecule has 4 N–H and O–H groups in total. The Labute approximate surface area is 111 Å². The molecule has 0 aliphatic rings. The standard InChI is InChI=1S/C14H16ClNO2/c15-11-6-2-4-9-3-1-5-10(13(9)11)14(18)12(17)7-8-16/h1-6,12,14,17-18H,7-8,16H2. The molecule has 96 valence electrons. The topological polar surface area (TPSA) is 66.5 Å². The fraction of sp³-hybridized carbons (Fsp3) is 0.286. The van der Waals surface area contributed by atoms with Crippen LogP contribution in [-0.4, -0.2) is 22.9 Å². The van der Waals surface area contributed by atoms with Gasteiger partial charge in [0, 0.05) is 10.4 Å². The molecule has 0 aliphatic heterocycles. The maximum absolute atomic E-state index is 10.2. The lowest BCUT2D eigenvalue weighted by Gasteiger charge is -2.19. The number of hydrogen-bond donors (Lipinski definition) is 3. The maximum Gasteiger partial charge on any atom is 0.106 e. The minimum atomic E-state index is -0.975. The summed E-state index contributed by atoms with van der Waals surface area (Å²) in [6.07, 6.45) is -1.50. The summed E-state index contributed by atoms with van der Waals surface area (Å²) in [5.41, 5.74) is 6.03. The summed E-state index contributed by atoms with van der Waals surface area (Å²) < 4.78 is 0. The molecule has 3 nitrogen and oxygen atoms in total. The van der Waals surface area contributed by atoms with Crippen LogP contribution in [0.2, 0.25) is 5.02 Å². The number of fused-ring (bicyclic) bond motifs is 1. The molecule has 2 rings (SSSR count).